The zero-order valence-corrected chi connectivity index (χ0v) is 22.3. The number of carbonyl (C=O) groups is 2. The number of primary amides is 1. The van der Waals surface area contributed by atoms with Crippen LogP contribution in [-0.4, -0.2) is 28.9 Å². The quantitative estimate of drug-likeness (QED) is 0.332. The van der Waals surface area contributed by atoms with Crippen LogP contribution in [0.25, 0.3) is 0 Å². The summed E-state index contributed by atoms with van der Waals surface area (Å²) in [7, 11) is 0. The van der Waals surface area contributed by atoms with Gasteiger partial charge in [0.25, 0.3) is 5.91 Å². The Balaban J connectivity index is 1.87. The summed E-state index contributed by atoms with van der Waals surface area (Å²) in [6.45, 7) is 1.92. The van der Waals surface area contributed by atoms with Gasteiger partial charge in [0.1, 0.15) is 24.1 Å². The number of hydrogen-bond acceptors (Lipinski definition) is 3. The highest BCUT2D eigenvalue weighted by Gasteiger charge is 2.48. The number of nitrogens with two attached hydrogens (primary N) is 1. The van der Waals surface area contributed by atoms with E-state index < -0.39 is 30.2 Å². The van der Waals surface area contributed by atoms with Crippen molar-refractivity contribution in [1.29, 1.82) is 0 Å². The predicted octanol–water partition coefficient (Wildman–Crippen LogP) is 6.69. The first-order valence-corrected chi connectivity index (χ1v) is 13.0. The first-order chi connectivity index (χ1) is 17.7. The minimum Gasteiger partial charge on any atom is -0.368 e. The molecule has 37 heavy (non-hydrogen) atoms. The second-order valence-corrected chi connectivity index (χ2v) is 10.2. The first kappa shape index (κ1) is 27.4. The SMILES string of the molecule is CCC[C@@H](C(N)=O)N1C(=O)[C@H](Cc2ccc(F)cc2)O[C@H](c2ccc(Cl)c(Cl)c2)[C@@H]1c1ccc(Cl)cc1. The Morgan fingerprint density at radius 1 is 1.00 bits per heavy atom. The molecule has 4 atom stereocenters. The van der Waals surface area contributed by atoms with Gasteiger partial charge in [-0.05, 0) is 59.5 Å². The molecule has 0 unspecified atom stereocenters. The Labute approximate surface area is 230 Å². The highest BCUT2D eigenvalue weighted by molar-refractivity contribution is 6.42. The number of rotatable bonds is 8. The Bertz CT molecular complexity index is 1270. The van der Waals surface area contributed by atoms with Gasteiger partial charge < -0.3 is 15.4 Å². The molecule has 0 aliphatic carbocycles. The highest BCUT2D eigenvalue weighted by atomic mass is 35.5. The van der Waals surface area contributed by atoms with E-state index in [4.69, 9.17) is 45.3 Å². The van der Waals surface area contributed by atoms with Gasteiger partial charge in [0, 0.05) is 11.4 Å². The maximum atomic E-state index is 14.0. The van der Waals surface area contributed by atoms with E-state index in [2.05, 4.69) is 0 Å². The number of morpholine rings is 1. The number of amides is 2. The Morgan fingerprint density at radius 3 is 2.24 bits per heavy atom. The average Bonchev–Trinajstić information content (AvgIpc) is 2.87. The van der Waals surface area contributed by atoms with Crippen LogP contribution in [0.5, 0.6) is 0 Å². The van der Waals surface area contributed by atoms with E-state index in [0.717, 1.165) is 5.56 Å². The summed E-state index contributed by atoms with van der Waals surface area (Å²) >= 11 is 18.7. The van der Waals surface area contributed by atoms with Crippen molar-refractivity contribution < 1.29 is 18.7 Å². The predicted molar refractivity (Wildman–Crippen MR) is 143 cm³/mol. The molecule has 5 nitrogen and oxygen atoms in total. The molecule has 1 aliphatic heterocycles. The lowest BCUT2D eigenvalue weighted by Gasteiger charge is -2.47. The zero-order chi connectivity index (χ0) is 26.7. The molecule has 194 valence electrons. The molecule has 0 saturated carbocycles. The fraction of sp³-hybridized carbons (Fsp3) is 0.286. The van der Waals surface area contributed by atoms with Crippen LogP contribution in [0, 0.1) is 5.82 Å². The molecule has 9 heteroatoms. The maximum absolute atomic E-state index is 14.0. The minimum absolute atomic E-state index is 0.179. The van der Waals surface area contributed by atoms with Gasteiger partial charge in [-0.3, -0.25) is 9.59 Å². The van der Waals surface area contributed by atoms with Crippen LogP contribution in [0.4, 0.5) is 4.39 Å². The second kappa shape index (κ2) is 11.8. The molecule has 1 fully saturated rings. The van der Waals surface area contributed by atoms with Gasteiger partial charge in [0.15, 0.2) is 0 Å². The Hall–Kier alpha value is -2.64. The minimum atomic E-state index is -0.952. The number of nitrogens with zero attached hydrogens (tertiary/aromatic N) is 1. The molecule has 0 aromatic heterocycles. The van der Waals surface area contributed by atoms with Crippen molar-refractivity contribution in [3.63, 3.8) is 0 Å². The molecule has 2 N–H and O–H groups in total. The third kappa shape index (κ3) is 6.10. The van der Waals surface area contributed by atoms with Crippen molar-refractivity contribution >= 4 is 46.6 Å². The van der Waals surface area contributed by atoms with E-state index in [0.29, 0.717) is 39.0 Å². The average molecular weight is 564 g/mol. The van der Waals surface area contributed by atoms with Crippen molar-refractivity contribution in [3.8, 4) is 0 Å². The van der Waals surface area contributed by atoms with Crippen LogP contribution in [0.1, 0.15) is 48.6 Å². The van der Waals surface area contributed by atoms with Crippen LogP contribution >= 0.6 is 34.8 Å². The number of benzene rings is 3. The summed E-state index contributed by atoms with van der Waals surface area (Å²) in [4.78, 5) is 28.2. The van der Waals surface area contributed by atoms with Gasteiger partial charge in [-0.25, -0.2) is 4.39 Å². The van der Waals surface area contributed by atoms with E-state index in [1.165, 1.54) is 12.1 Å². The van der Waals surface area contributed by atoms with Crippen molar-refractivity contribution in [1.82, 2.24) is 4.90 Å². The summed E-state index contributed by atoms with van der Waals surface area (Å²) in [6.07, 6.45) is -0.475. The Kier molecular flexibility index (Phi) is 8.75. The standard InChI is InChI=1S/C28H26Cl3FN2O3/c1-2-3-23(27(33)35)34-25(17-6-9-19(29)10-7-17)26(18-8-13-21(30)22(31)15-18)37-24(28(34)36)14-16-4-11-20(32)12-5-16/h4-13,15,23-26H,2-3,14H2,1H3,(H2,33,35)/t23-,24-,25-,26+/m0/s1. The number of hydrogen-bond donors (Lipinski definition) is 1. The molecular weight excluding hydrogens is 538 g/mol. The summed E-state index contributed by atoms with van der Waals surface area (Å²) < 4.78 is 20.0. The van der Waals surface area contributed by atoms with Gasteiger partial charge in [-0.2, -0.15) is 0 Å². The molecule has 1 saturated heterocycles. The number of halogens is 4. The van der Waals surface area contributed by atoms with Crippen molar-refractivity contribution in [2.24, 2.45) is 5.73 Å². The molecule has 3 aromatic carbocycles. The molecule has 1 heterocycles. The van der Waals surface area contributed by atoms with Gasteiger partial charge >= 0.3 is 0 Å². The van der Waals surface area contributed by atoms with Gasteiger partial charge in [-0.1, -0.05) is 78.5 Å². The fourth-order valence-corrected chi connectivity index (χ4v) is 5.15. The molecule has 3 aromatic rings. The summed E-state index contributed by atoms with van der Waals surface area (Å²) in [5, 5.41) is 1.23. The summed E-state index contributed by atoms with van der Waals surface area (Å²) in [5.74, 6) is -1.36. The normalized spacial score (nSPS) is 20.6. The largest absolute Gasteiger partial charge is 0.368 e. The second-order valence-electron chi connectivity index (χ2n) is 9.00. The maximum Gasteiger partial charge on any atom is 0.253 e. The van der Waals surface area contributed by atoms with Crippen molar-refractivity contribution in [2.75, 3.05) is 0 Å². The molecule has 2 amide bonds. The zero-order valence-electron chi connectivity index (χ0n) is 20.0. The summed E-state index contributed by atoms with van der Waals surface area (Å²) in [5.41, 5.74) is 7.96. The Morgan fingerprint density at radius 2 is 1.65 bits per heavy atom. The monoisotopic (exact) mass is 562 g/mol. The summed E-state index contributed by atoms with van der Waals surface area (Å²) in [6, 6.07) is 16.5. The lowest BCUT2D eigenvalue weighted by Crippen LogP contribution is -2.58. The van der Waals surface area contributed by atoms with Gasteiger partial charge in [0.2, 0.25) is 5.91 Å². The topological polar surface area (TPSA) is 72.6 Å². The van der Waals surface area contributed by atoms with Crippen LogP contribution in [-0.2, 0) is 20.7 Å². The third-order valence-electron chi connectivity index (χ3n) is 6.47. The molecule has 0 radical (unpaired) electrons. The number of ether oxygens (including phenoxy) is 1. The van der Waals surface area contributed by atoms with E-state index in [9.17, 15) is 14.0 Å². The van der Waals surface area contributed by atoms with E-state index >= 15 is 0 Å². The van der Waals surface area contributed by atoms with Gasteiger partial charge in [0.05, 0.1) is 16.1 Å². The first-order valence-electron chi connectivity index (χ1n) is 11.9. The van der Waals surface area contributed by atoms with Crippen molar-refractivity contribution in [3.05, 3.63) is 104 Å². The molecule has 0 spiro atoms. The third-order valence-corrected chi connectivity index (χ3v) is 7.46. The number of carbonyl (C=O) groups excluding carboxylic acids is 2. The highest BCUT2D eigenvalue weighted by Crippen LogP contribution is 2.45. The van der Waals surface area contributed by atoms with Crippen LogP contribution in [0.15, 0.2) is 66.7 Å². The molecule has 0 bridgehead atoms. The lowest BCUT2D eigenvalue weighted by molar-refractivity contribution is -0.181. The lowest BCUT2D eigenvalue weighted by atomic mass is 9.88. The van der Waals surface area contributed by atoms with E-state index in [1.807, 2.05) is 6.92 Å². The van der Waals surface area contributed by atoms with E-state index in [-0.39, 0.29) is 18.1 Å². The smallest absolute Gasteiger partial charge is 0.253 e. The van der Waals surface area contributed by atoms with Crippen molar-refractivity contribution in [2.45, 2.75) is 50.5 Å². The molecular formula is C28H26Cl3FN2O3. The fourth-order valence-electron chi connectivity index (χ4n) is 4.71. The van der Waals surface area contributed by atoms with E-state index in [1.54, 1.807) is 59.5 Å². The molecule has 1 aliphatic rings. The van der Waals surface area contributed by atoms with Crippen LogP contribution in [0.3, 0.4) is 0 Å². The van der Waals surface area contributed by atoms with Gasteiger partial charge in [-0.15, -0.1) is 0 Å². The van der Waals surface area contributed by atoms with Crippen LogP contribution < -0.4 is 5.73 Å². The molecule has 4 rings (SSSR count). The van der Waals surface area contributed by atoms with Crippen LogP contribution in [0.2, 0.25) is 15.1 Å².